The molecule has 0 aromatic heterocycles. The fourth-order valence-electron chi connectivity index (χ4n) is 9.89. The Balaban J connectivity index is 2.26. The van der Waals surface area contributed by atoms with Crippen molar-refractivity contribution in [3.8, 4) is 0 Å². The number of rotatable bonds is 53. The van der Waals surface area contributed by atoms with Crippen molar-refractivity contribution >= 4 is 5.91 Å². The zero-order valence-corrected chi connectivity index (χ0v) is 47.1. The van der Waals surface area contributed by atoms with E-state index in [1.165, 1.54) is 193 Å². The Bertz CT molecular complexity index is 1280. The van der Waals surface area contributed by atoms with Crippen molar-refractivity contribution in [1.29, 1.82) is 0 Å². The minimum Gasteiger partial charge on any atom is -0.394 e. The Hall–Kier alpha value is -1.67. The predicted octanol–water partition coefficient (Wildman–Crippen LogP) is 13.5. The lowest BCUT2D eigenvalue weighted by molar-refractivity contribution is -0.303. The minimum absolute atomic E-state index is 0.243. The lowest BCUT2D eigenvalue weighted by Gasteiger charge is -2.40. The third-order valence-corrected chi connectivity index (χ3v) is 14.9. The van der Waals surface area contributed by atoms with Gasteiger partial charge >= 0.3 is 0 Å². The van der Waals surface area contributed by atoms with Crippen molar-refractivity contribution in [2.24, 2.45) is 0 Å². The Morgan fingerprint density at radius 2 is 0.822 bits per heavy atom. The molecular weight excluding hydrogens is 919 g/mol. The highest BCUT2D eigenvalue weighted by Crippen LogP contribution is 2.23. The summed E-state index contributed by atoms with van der Waals surface area (Å²) in [6, 6.07) is -1.19. The number of carbonyl (C=O) groups is 1. The van der Waals surface area contributed by atoms with Crippen molar-refractivity contribution < 1.29 is 50.0 Å². The largest absolute Gasteiger partial charge is 0.394 e. The van der Waals surface area contributed by atoms with Gasteiger partial charge in [0, 0.05) is 0 Å². The van der Waals surface area contributed by atoms with Crippen LogP contribution in [-0.4, -0.2) is 110 Å². The van der Waals surface area contributed by atoms with Gasteiger partial charge in [-0.15, -0.1) is 0 Å². The summed E-state index contributed by atoms with van der Waals surface area (Å²) in [6.07, 6.45) is 52.3. The highest BCUT2D eigenvalue weighted by Gasteiger charge is 2.44. The zero-order chi connectivity index (χ0) is 53.3. The molecule has 9 unspecified atom stereocenters. The molecule has 1 saturated heterocycles. The number of hydrogen-bond acceptors (Lipinski definition) is 10. The third-order valence-electron chi connectivity index (χ3n) is 14.9. The van der Waals surface area contributed by atoms with Crippen molar-refractivity contribution in [3.05, 3.63) is 36.5 Å². The van der Waals surface area contributed by atoms with Crippen LogP contribution in [0.5, 0.6) is 0 Å². The van der Waals surface area contributed by atoms with E-state index >= 15 is 0 Å². The van der Waals surface area contributed by atoms with E-state index in [4.69, 9.17) is 9.47 Å². The molecule has 0 aliphatic carbocycles. The van der Waals surface area contributed by atoms with Crippen LogP contribution in [0.4, 0.5) is 0 Å². The third kappa shape index (κ3) is 39.4. The summed E-state index contributed by atoms with van der Waals surface area (Å²) in [6.45, 7) is 3.45. The van der Waals surface area contributed by atoms with Crippen LogP contribution < -0.4 is 5.32 Å². The molecule has 0 bridgehead atoms. The van der Waals surface area contributed by atoms with Crippen LogP contribution in [0.25, 0.3) is 0 Å². The second-order valence-corrected chi connectivity index (χ2v) is 21.8. The van der Waals surface area contributed by atoms with Gasteiger partial charge in [-0.05, 0) is 64.2 Å². The molecule has 8 N–H and O–H groups in total. The van der Waals surface area contributed by atoms with Crippen molar-refractivity contribution in [3.63, 3.8) is 0 Å². The average molecular weight is 1040 g/mol. The van der Waals surface area contributed by atoms with Crippen LogP contribution in [0, 0.1) is 0 Å². The van der Waals surface area contributed by atoms with E-state index in [1.807, 2.05) is 0 Å². The van der Waals surface area contributed by atoms with Gasteiger partial charge in [-0.1, -0.05) is 256 Å². The normalized spacial score (nSPS) is 20.2. The number of nitrogens with one attached hydrogen (secondary N) is 1. The van der Waals surface area contributed by atoms with Gasteiger partial charge < -0.3 is 50.5 Å². The maximum atomic E-state index is 13.1. The van der Waals surface area contributed by atoms with Gasteiger partial charge in [-0.2, -0.15) is 0 Å². The van der Waals surface area contributed by atoms with Gasteiger partial charge in [-0.25, -0.2) is 0 Å². The Kier molecular flexibility index (Phi) is 48.5. The zero-order valence-electron chi connectivity index (χ0n) is 47.1. The van der Waals surface area contributed by atoms with E-state index in [0.29, 0.717) is 19.3 Å². The maximum absolute atomic E-state index is 13.1. The summed E-state index contributed by atoms with van der Waals surface area (Å²) >= 11 is 0. The summed E-state index contributed by atoms with van der Waals surface area (Å²) in [5.41, 5.74) is 0. The molecule has 0 saturated carbocycles. The number of carbonyl (C=O) groups excluding carboxylic acids is 1. The van der Waals surface area contributed by atoms with Crippen LogP contribution in [0.15, 0.2) is 36.5 Å². The number of unbranched alkanes of at least 4 members (excludes halogenated alkanes) is 35. The number of hydrogen-bond donors (Lipinski definition) is 8. The van der Waals surface area contributed by atoms with E-state index < -0.39 is 74.2 Å². The lowest BCUT2D eigenvalue weighted by atomic mass is 9.98. The molecule has 430 valence electrons. The standard InChI is InChI=1S/C62H117NO10/c1-3-5-7-9-11-13-15-17-19-20-21-22-23-24-25-26-27-28-29-30-31-32-33-34-35-36-38-39-41-43-45-47-49-54(65)57(67)53(52-72-62-60(70)59(69)58(68)56(51-64)73-62)63-61(71)55(66)50-48-46-44-42-40-37-18-16-14-12-10-8-6-4-2/h31-32,35-36,41,43,53-60,62,64-70H,3-30,33-34,37-40,42,44-52H2,1-2H3,(H,63,71)/b32-31+,36-35+,43-41+. The first-order valence-electron chi connectivity index (χ1n) is 30.9. The van der Waals surface area contributed by atoms with Crippen molar-refractivity contribution in [1.82, 2.24) is 5.32 Å². The number of aliphatic hydroxyl groups is 7. The summed E-state index contributed by atoms with van der Waals surface area (Å²) in [7, 11) is 0. The molecule has 1 rings (SSSR count). The Morgan fingerprint density at radius 1 is 0.466 bits per heavy atom. The highest BCUT2D eigenvalue weighted by atomic mass is 16.7. The fourth-order valence-corrected chi connectivity index (χ4v) is 9.89. The molecule has 0 aromatic rings. The summed E-state index contributed by atoms with van der Waals surface area (Å²) in [4.78, 5) is 13.1. The van der Waals surface area contributed by atoms with Gasteiger partial charge in [0.25, 0.3) is 0 Å². The number of allylic oxidation sites excluding steroid dienone is 6. The van der Waals surface area contributed by atoms with Gasteiger partial charge in [0.05, 0.1) is 25.4 Å². The molecule has 0 radical (unpaired) electrons. The first-order valence-corrected chi connectivity index (χ1v) is 30.9. The van der Waals surface area contributed by atoms with Gasteiger partial charge in [0.1, 0.15) is 36.6 Å². The minimum atomic E-state index is -1.67. The smallest absolute Gasteiger partial charge is 0.249 e. The molecule has 11 heteroatoms. The second kappa shape index (κ2) is 51.1. The molecule has 11 nitrogen and oxygen atoms in total. The fraction of sp³-hybridized carbons (Fsp3) is 0.887. The predicted molar refractivity (Wildman–Crippen MR) is 302 cm³/mol. The maximum Gasteiger partial charge on any atom is 0.249 e. The first kappa shape index (κ1) is 69.3. The molecule has 1 heterocycles. The van der Waals surface area contributed by atoms with Gasteiger partial charge in [0.15, 0.2) is 6.29 Å². The van der Waals surface area contributed by atoms with E-state index in [1.54, 1.807) is 0 Å². The van der Waals surface area contributed by atoms with Crippen LogP contribution >= 0.6 is 0 Å². The quantitative estimate of drug-likeness (QED) is 0.0215. The van der Waals surface area contributed by atoms with Crippen molar-refractivity contribution in [2.45, 2.75) is 339 Å². The van der Waals surface area contributed by atoms with E-state index in [0.717, 1.165) is 44.9 Å². The van der Waals surface area contributed by atoms with Gasteiger partial charge in [-0.3, -0.25) is 4.79 Å². The molecule has 0 aromatic carbocycles. The van der Waals surface area contributed by atoms with Crippen LogP contribution in [0.1, 0.15) is 284 Å². The van der Waals surface area contributed by atoms with E-state index in [9.17, 15) is 40.5 Å². The number of aliphatic hydroxyl groups excluding tert-OH is 7. The van der Waals surface area contributed by atoms with E-state index in [-0.39, 0.29) is 12.8 Å². The first-order chi connectivity index (χ1) is 35.7. The Morgan fingerprint density at radius 3 is 1.22 bits per heavy atom. The average Bonchev–Trinajstić information content (AvgIpc) is 3.39. The summed E-state index contributed by atoms with van der Waals surface area (Å²) < 4.78 is 11.1. The highest BCUT2D eigenvalue weighted by molar-refractivity contribution is 5.80. The molecule has 1 aliphatic rings. The monoisotopic (exact) mass is 1040 g/mol. The molecule has 1 aliphatic heterocycles. The molecule has 1 amide bonds. The molecule has 0 spiro atoms. The SMILES string of the molecule is CCCCCCCCCCCCCCCCCCCCC/C=C/CC/C=C/CC/C=C/CCCC(O)C(O)C(COC1OC(CO)C(O)C(O)C1O)NC(=O)C(O)CCCCCCCCCCCCCCCC. The number of amides is 1. The number of ether oxygens (including phenoxy) is 2. The van der Waals surface area contributed by atoms with E-state index in [2.05, 4.69) is 55.6 Å². The van der Waals surface area contributed by atoms with Crippen LogP contribution in [-0.2, 0) is 14.3 Å². The molecule has 73 heavy (non-hydrogen) atoms. The van der Waals surface area contributed by atoms with Crippen LogP contribution in [0.3, 0.4) is 0 Å². The van der Waals surface area contributed by atoms with Crippen molar-refractivity contribution in [2.75, 3.05) is 13.2 Å². The summed E-state index contributed by atoms with van der Waals surface area (Å²) in [5.74, 6) is -0.710. The topological polar surface area (TPSA) is 189 Å². The molecule has 1 fully saturated rings. The Labute approximate surface area is 447 Å². The second-order valence-electron chi connectivity index (χ2n) is 21.8. The summed E-state index contributed by atoms with van der Waals surface area (Å²) in [5, 5.41) is 76.1. The molecular formula is C62H117NO10. The lowest BCUT2D eigenvalue weighted by Crippen LogP contribution is -2.60. The van der Waals surface area contributed by atoms with Gasteiger partial charge in [0.2, 0.25) is 5.91 Å². The van der Waals surface area contributed by atoms with Crippen LogP contribution in [0.2, 0.25) is 0 Å². The molecule has 9 atom stereocenters.